The summed E-state index contributed by atoms with van der Waals surface area (Å²) < 4.78 is 0. The number of hydrogen-bond acceptors (Lipinski definition) is 3. The van der Waals surface area contributed by atoms with Crippen molar-refractivity contribution in [2.24, 2.45) is 11.7 Å². The molecule has 2 aromatic rings. The Hall–Kier alpha value is -2.11. The molecule has 1 saturated carbocycles. The molecule has 1 fully saturated rings. The highest BCUT2D eigenvalue weighted by molar-refractivity contribution is 5.91. The Bertz CT molecular complexity index is 760. The van der Waals surface area contributed by atoms with Crippen molar-refractivity contribution in [3.63, 3.8) is 0 Å². The van der Waals surface area contributed by atoms with Gasteiger partial charge in [0, 0.05) is 6.04 Å². The summed E-state index contributed by atoms with van der Waals surface area (Å²) in [6.45, 7) is 0.607. The van der Waals surface area contributed by atoms with Gasteiger partial charge < -0.3 is 16.4 Å². The lowest BCUT2D eigenvalue weighted by Gasteiger charge is -2.19. The number of hydrogen-bond donors (Lipinski definition) is 3. The van der Waals surface area contributed by atoms with E-state index in [1.807, 2.05) is 42.5 Å². The van der Waals surface area contributed by atoms with Gasteiger partial charge in [0.05, 0.1) is 13.0 Å². The van der Waals surface area contributed by atoms with Crippen LogP contribution in [0, 0.1) is 5.92 Å². The van der Waals surface area contributed by atoms with Crippen LogP contribution < -0.4 is 16.4 Å². The van der Waals surface area contributed by atoms with Gasteiger partial charge in [0.15, 0.2) is 0 Å². The van der Waals surface area contributed by atoms with E-state index in [1.165, 1.54) is 0 Å². The molecule has 0 spiro atoms. The molecular formula is C20H26ClN3O2. The largest absolute Gasteiger partial charge is 0.352 e. The van der Waals surface area contributed by atoms with Crippen LogP contribution in [0.3, 0.4) is 0 Å². The number of rotatable bonds is 6. The smallest absolute Gasteiger partial charge is 0.239 e. The van der Waals surface area contributed by atoms with Gasteiger partial charge in [-0.2, -0.15) is 0 Å². The van der Waals surface area contributed by atoms with Gasteiger partial charge in [-0.1, -0.05) is 48.9 Å². The Kier molecular flexibility index (Phi) is 7.42. The number of carbonyl (C=O) groups excluding carboxylic acids is 2. The summed E-state index contributed by atoms with van der Waals surface area (Å²) in [6, 6.07) is 14.1. The Morgan fingerprint density at radius 1 is 1.04 bits per heavy atom. The summed E-state index contributed by atoms with van der Waals surface area (Å²) in [5.74, 6) is 0.0697. The molecule has 3 rings (SSSR count). The normalized spacial score (nSPS) is 19.0. The number of nitrogens with one attached hydrogen (secondary N) is 2. The zero-order valence-corrected chi connectivity index (χ0v) is 15.6. The van der Waals surface area contributed by atoms with E-state index in [0.717, 1.165) is 35.6 Å². The van der Waals surface area contributed by atoms with E-state index < -0.39 is 0 Å². The lowest BCUT2D eigenvalue weighted by molar-refractivity contribution is -0.126. The van der Waals surface area contributed by atoms with Gasteiger partial charge in [0.25, 0.3) is 0 Å². The summed E-state index contributed by atoms with van der Waals surface area (Å²) in [7, 11) is 0. The van der Waals surface area contributed by atoms with Crippen molar-refractivity contribution in [2.45, 2.75) is 31.7 Å². The van der Waals surface area contributed by atoms with E-state index in [9.17, 15) is 9.59 Å². The van der Waals surface area contributed by atoms with Crippen LogP contribution >= 0.6 is 12.4 Å². The predicted octanol–water partition coefficient (Wildman–Crippen LogP) is 2.16. The number of amides is 2. The van der Waals surface area contributed by atoms with Crippen molar-refractivity contribution < 1.29 is 9.59 Å². The number of carbonyl (C=O) groups is 2. The Morgan fingerprint density at radius 3 is 2.62 bits per heavy atom. The highest BCUT2D eigenvalue weighted by atomic mass is 35.5. The van der Waals surface area contributed by atoms with Crippen LogP contribution in [0.4, 0.5) is 0 Å². The molecule has 0 aromatic heterocycles. The minimum Gasteiger partial charge on any atom is -0.352 e. The first kappa shape index (κ1) is 20.2. The molecule has 140 valence electrons. The van der Waals surface area contributed by atoms with Crippen LogP contribution in [0.2, 0.25) is 0 Å². The number of halogens is 1. The molecular weight excluding hydrogens is 350 g/mol. The molecule has 2 amide bonds. The van der Waals surface area contributed by atoms with Crippen LogP contribution in [0.1, 0.15) is 24.8 Å². The second kappa shape index (κ2) is 9.55. The summed E-state index contributed by atoms with van der Waals surface area (Å²) in [6.07, 6.45) is 3.40. The van der Waals surface area contributed by atoms with E-state index in [1.54, 1.807) is 0 Å². The Balaban J connectivity index is 0.00000243. The van der Waals surface area contributed by atoms with Crippen molar-refractivity contribution >= 4 is 35.0 Å². The van der Waals surface area contributed by atoms with Crippen LogP contribution in [-0.4, -0.2) is 30.9 Å². The first-order valence-corrected chi connectivity index (χ1v) is 8.90. The fraction of sp³-hybridized carbons (Fsp3) is 0.400. The van der Waals surface area contributed by atoms with Crippen molar-refractivity contribution in [1.82, 2.24) is 10.6 Å². The minimum absolute atomic E-state index is 0. The SMILES string of the molecule is Cl.NCC1CCCC1NC(=O)CNC(=O)Cc1cccc2ccccc12. The molecule has 0 aliphatic heterocycles. The van der Waals surface area contributed by atoms with Gasteiger partial charge in [0.1, 0.15) is 0 Å². The van der Waals surface area contributed by atoms with Gasteiger partial charge in [-0.25, -0.2) is 0 Å². The van der Waals surface area contributed by atoms with Crippen molar-refractivity contribution in [3.8, 4) is 0 Å². The van der Waals surface area contributed by atoms with Crippen LogP contribution in [0.25, 0.3) is 10.8 Å². The topological polar surface area (TPSA) is 84.2 Å². The Morgan fingerprint density at radius 2 is 1.81 bits per heavy atom. The molecule has 0 heterocycles. The van der Waals surface area contributed by atoms with E-state index >= 15 is 0 Å². The molecule has 6 heteroatoms. The van der Waals surface area contributed by atoms with Gasteiger partial charge in [0.2, 0.25) is 11.8 Å². The molecule has 5 nitrogen and oxygen atoms in total. The third-order valence-electron chi connectivity index (χ3n) is 4.99. The van der Waals surface area contributed by atoms with Crippen molar-refractivity contribution in [1.29, 1.82) is 0 Å². The quantitative estimate of drug-likeness (QED) is 0.723. The zero-order valence-electron chi connectivity index (χ0n) is 14.7. The molecule has 1 aliphatic carbocycles. The summed E-state index contributed by atoms with van der Waals surface area (Å²) >= 11 is 0. The van der Waals surface area contributed by atoms with Gasteiger partial charge in [-0.3, -0.25) is 9.59 Å². The van der Waals surface area contributed by atoms with E-state index in [4.69, 9.17) is 5.73 Å². The van der Waals surface area contributed by atoms with Crippen LogP contribution in [0.5, 0.6) is 0 Å². The lowest BCUT2D eigenvalue weighted by Crippen LogP contribution is -2.44. The molecule has 26 heavy (non-hydrogen) atoms. The number of nitrogens with two attached hydrogens (primary N) is 1. The van der Waals surface area contributed by atoms with E-state index in [-0.39, 0.29) is 43.2 Å². The molecule has 1 aliphatic rings. The van der Waals surface area contributed by atoms with Crippen molar-refractivity contribution in [3.05, 3.63) is 48.0 Å². The first-order chi connectivity index (χ1) is 12.2. The van der Waals surface area contributed by atoms with Crippen LogP contribution in [0.15, 0.2) is 42.5 Å². The van der Waals surface area contributed by atoms with E-state index in [2.05, 4.69) is 10.6 Å². The third-order valence-corrected chi connectivity index (χ3v) is 4.99. The molecule has 0 saturated heterocycles. The standard InChI is InChI=1S/C20H25N3O2.ClH/c21-12-16-8-4-10-18(16)23-20(25)13-22-19(24)11-15-7-3-6-14-5-1-2-9-17(14)15;/h1-3,5-7,9,16,18H,4,8,10-13,21H2,(H,22,24)(H,23,25);1H. The lowest BCUT2D eigenvalue weighted by atomic mass is 10.0. The van der Waals surface area contributed by atoms with Crippen molar-refractivity contribution in [2.75, 3.05) is 13.1 Å². The Labute approximate surface area is 160 Å². The van der Waals surface area contributed by atoms with Gasteiger partial charge in [-0.05, 0) is 41.6 Å². The zero-order chi connectivity index (χ0) is 17.6. The summed E-state index contributed by atoms with van der Waals surface area (Å²) in [5, 5.41) is 7.90. The van der Waals surface area contributed by atoms with Gasteiger partial charge in [-0.15, -0.1) is 12.4 Å². The highest BCUT2D eigenvalue weighted by Gasteiger charge is 2.27. The molecule has 2 aromatic carbocycles. The molecule has 2 atom stereocenters. The predicted molar refractivity (Wildman–Crippen MR) is 106 cm³/mol. The highest BCUT2D eigenvalue weighted by Crippen LogP contribution is 2.24. The average molecular weight is 376 g/mol. The molecule has 0 bridgehead atoms. The van der Waals surface area contributed by atoms with E-state index in [0.29, 0.717) is 12.5 Å². The van der Waals surface area contributed by atoms with Gasteiger partial charge >= 0.3 is 0 Å². The third kappa shape index (κ3) is 4.96. The summed E-state index contributed by atoms with van der Waals surface area (Å²) in [5.41, 5.74) is 6.70. The maximum Gasteiger partial charge on any atom is 0.239 e. The maximum atomic E-state index is 12.2. The molecule has 0 radical (unpaired) electrons. The molecule has 2 unspecified atom stereocenters. The number of fused-ring (bicyclic) bond motifs is 1. The fourth-order valence-corrected chi connectivity index (χ4v) is 3.63. The fourth-order valence-electron chi connectivity index (χ4n) is 3.63. The minimum atomic E-state index is -0.145. The molecule has 4 N–H and O–H groups in total. The second-order valence-electron chi connectivity index (χ2n) is 6.69. The maximum absolute atomic E-state index is 12.2. The second-order valence-corrected chi connectivity index (χ2v) is 6.69. The summed E-state index contributed by atoms with van der Waals surface area (Å²) in [4.78, 5) is 24.3. The van der Waals surface area contributed by atoms with Crippen LogP contribution in [-0.2, 0) is 16.0 Å². The average Bonchev–Trinajstić information content (AvgIpc) is 3.07. The first-order valence-electron chi connectivity index (χ1n) is 8.90. The number of benzene rings is 2. The monoisotopic (exact) mass is 375 g/mol.